The molecule has 2 aromatic rings. The first-order chi connectivity index (χ1) is 11.2. The Labute approximate surface area is 135 Å². The van der Waals surface area contributed by atoms with Gasteiger partial charge in [-0.3, -0.25) is 9.88 Å². The number of aliphatic hydroxyl groups excluding tert-OH is 1. The van der Waals surface area contributed by atoms with Crippen LogP contribution in [0.25, 0.3) is 11.1 Å². The number of aliphatic hydroxyl groups is 1. The number of aromatic nitrogens is 1. The van der Waals surface area contributed by atoms with Gasteiger partial charge in [0.05, 0.1) is 11.3 Å². The maximum atomic E-state index is 11.3. The number of hydrogen-bond donors (Lipinski definition) is 2. The summed E-state index contributed by atoms with van der Waals surface area (Å²) < 4.78 is 0. The van der Waals surface area contributed by atoms with Crippen molar-refractivity contribution in [3.8, 4) is 11.1 Å². The fourth-order valence-corrected chi connectivity index (χ4v) is 3.03. The Hall–Kier alpha value is -2.24. The van der Waals surface area contributed by atoms with E-state index in [9.17, 15) is 15.0 Å². The minimum atomic E-state index is -0.934. The maximum absolute atomic E-state index is 11.3. The van der Waals surface area contributed by atoms with Gasteiger partial charge in [0, 0.05) is 31.5 Å². The van der Waals surface area contributed by atoms with Gasteiger partial charge in [0.1, 0.15) is 0 Å². The lowest BCUT2D eigenvalue weighted by Crippen LogP contribution is -2.21. The highest BCUT2D eigenvalue weighted by Crippen LogP contribution is 2.24. The van der Waals surface area contributed by atoms with E-state index >= 15 is 0 Å². The van der Waals surface area contributed by atoms with E-state index in [1.54, 1.807) is 24.4 Å². The molecule has 0 spiro atoms. The zero-order chi connectivity index (χ0) is 16.2. The van der Waals surface area contributed by atoms with Gasteiger partial charge < -0.3 is 10.2 Å². The van der Waals surface area contributed by atoms with E-state index < -0.39 is 5.97 Å². The van der Waals surface area contributed by atoms with Crippen LogP contribution < -0.4 is 0 Å². The molecule has 1 aliphatic rings. The summed E-state index contributed by atoms with van der Waals surface area (Å²) in [6, 6.07) is 10.8. The smallest absolute Gasteiger partial charge is 0.336 e. The standard InChI is InChI=1S/C18H20N2O3/c21-12-13-7-8-20(10-13)11-15-6-5-14(9-19-15)16-3-1-2-4-17(16)18(22)23/h1-6,9,13,21H,7-8,10-12H2,(H,22,23)/t13-/m0/s1. The molecule has 0 radical (unpaired) electrons. The summed E-state index contributed by atoms with van der Waals surface area (Å²) in [5.74, 6) is -0.562. The molecule has 0 amide bonds. The third-order valence-electron chi connectivity index (χ3n) is 4.31. The number of hydrogen-bond acceptors (Lipinski definition) is 4. The van der Waals surface area contributed by atoms with Crippen molar-refractivity contribution in [3.63, 3.8) is 0 Å². The fourth-order valence-electron chi connectivity index (χ4n) is 3.03. The monoisotopic (exact) mass is 312 g/mol. The Balaban J connectivity index is 1.74. The van der Waals surface area contributed by atoms with Crippen LogP contribution in [-0.2, 0) is 6.54 Å². The first-order valence-electron chi connectivity index (χ1n) is 7.78. The molecule has 1 fully saturated rings. The largest absolute Gasteiger partial charge is 0.478 e. The van der Waals surface area contributed by atoms with Crippen LogP contribution >= 0.6 is 0 Å². The van der Waals surface area contributed by atoms with Crippen molar-refractivity contribution in [1.82, 2.24) is 9.88 Å². The second-order valence-corrected chi connectivity index (χ2v) is 5.96. The molecule has 3 rings (SSSR count). The Morgan fingerprint density at radius 3 is 2.74 bits per heavy atom. The molecule has 2 heterocycles. The van der Waals surface area contributed by atoms with Gasteiger partial charge in [0.2, 0.25) is 0 Å². The third kappa shape index (κ3) is 3.57. The summed E-state index contributed by atoms with van der Waals surface area (Å²) >= 11 is 0. The van der Waals surface area contributed by atoms with Crippen LogP contribution in [0, 0.1) is 5.92 Å². The highest BCUT2D eigenvalue weighted by Gasteiger charge is 2.21. The van der Waals surface area contributed by atoms with Gasteiger partial charge in [0.25, 0.3) is 0 Å². The third-order valence-corrected chi connectivity index (χ3v) is 4.31. The lowest BCUT2D eigenvalue weighted by molar-refractivity contribution is 0.0697. The van der Waals surface area contributed by atoms with E-state index in [1.165, 1.54) is 0 Å². The molecule has 0 aliphatic carbocycles. The molecule has 120 valence electrons. The number of likely N-dealkylation sites (tertiary alicyclic amines) is 1. The molecule has 0 saturated carbocycles. The molecular weight excluding hydrogens is 292 g/mol. The van der Waals surface area contributed by atoms with E-state index in [1.807, 2.05) is 18.2 Å². The second kappa shape index (κ2) is 6.89. The molecule has 1 aromatic carbocycles. The summed E-state index contributed by atoms with van der Waals surface area (Å²) in [5.41, 5.74) is 2.73. The first-order valence-corrected chi connectivity index (χ1v) is 7.78. The molecule has 1 aromatic heterocycles. The zero-order valence-electron chi connectivity index (χ0n) is 12.9. The van der Waals surface area contributed by atoms with E-state index in [2.05, 4.69) is 9.88 Å². The number of benzene rings is 1. The van der Waals surface area contributed by atoms with Gasteiger partial charge in [-0.15, -0.1) is 0 Å². The van der Waals surface area contributed by atoms with Crippen LogP contribution in [0.3, 0.4) is 0 Å². The van der Waals surface area contributed by atoms with E-state index in [-0.39, 0.29) is 12.2 Å². The van der Waals surface area contributed by atoms with Crippen molar-refractivity contribution in [3.05, 3.63) is 53.9 Å². The quantitative estimate of drug-likeness (QED) is 0.886. The molecule has 5 heteroatoms. The van der Waals surface area contributed by atoms with Gasteiger partial charge >= 0.3 is 5.97 Å². The molecule has 23 heavy (non-hydrogen) atoms. The predicted octanol–water partition coefficient (Wildman–Crippen LogP) is 2.26. The highest BCUT2D eigenvalue weighted by molar-refractivity contribution is 5.95. The van der Waals surface area contributed by atoms with Crippen molar-refractivity contribution in [1.29, 1.82) is 0 Å². The number of carboxylic acids is 1. The van der Waals surface area contributed by atoms with Crippen molar-refractivity contribution in [2.24, 2.45) is 5.92 Å². The van der Waals surface area contributed by atoms with Gasteiger partial charge in [0.15, 0.2) is 0 Å². The topological polar surface area (TPSA) is 73.7 Å². The molecule has 0 unspecified atom stereocenters. The lowest BCUT2D eigenvalue weighted by Gasteiger charge is -2.15. The van der Waals surface area contributed by atoms with Crippen LogP contribution in [0.15, 0.2) is 42.6 Å². The molecular formula is C18H20N2O3. The normalized spacial score (nSPS) is 18.2. The maximum Gasteiger partial charge on any atom is 0.336 e. The zero-order valence-corrected chi connectivity index (χ0v) is 12.9. The first kappa shape index (κ1) is 15.6. The number of nitrogens with zero attached hydrogens (tertiary/aromatic N) is 2. The molecule has 0 bridgehead atoms. The summed E-state index contributed by atoms with van der Waals surface area (Å²) in [4.78, 5) is 18.1. The van der Waals surface area contributed by atoms with Crippen LogP contribution in [0.2, 0.25) is 0 Å². The number of carboxylic acid groups (broad SMARTS) is 1. The van der Waals surface area contributed by atoms with Gasteiger partial charge in [-0.1, -0.05) is 24.3 Å². The van der Waals surface area contributed by atoms with Crippen molar-refractivity contribution >= 4 is 5.97 Å². The summed E-state index contributed by atoms with van der Waals surface area (Å²) in [5, 5.41) is 18.5. The van der Waals surface area contributed by atoms with Crippen LogP contribution in [0.1, 0.15) is 22.5 Å². The summed E-state index contributed by atoms with van der Waals surface area (Å²) in [6.07, 6.45) is 2.76. The van der Waals surface area contributed by atoms with Crippen molar-refractivity contribution in [2.75, 3.05) is 19.7 Å². The van der Waals surface area contributed by atoms with Gasteiger partial charge in [-0.2, -0.15) is 0 Å². The van der Waals surface area contributed by atoms with Crippen LogP contribution in [0.5, 0.6) is 0 Å². The predicted molar refractivity (Wildman–Crippen MR) is 87.1 cm³/mol. The summed E-state index contributed by atoms with van der Waals surface area (Å²) in [7, 11) is 0. The van der Waals surface area contributed by atoms with Crippen LogP contribution in [0.4, 0.5) is 0 Å². The number of carbonyl (C=O) groups is 1. The molecule has 1 atom stereocenters. The molecule has 1 aliphatic heterocycles. The fraction of sp³-hybridized carbons (Fsp3) is 0.333. The Morgan fingerprint density at radius 1 is 1.26 bits per heavy atom. The molecule has 1 saturated heterocycles. The SMILES string of the molecule is O=C(O)c1ccccc1-c1ccc(CN2CC[C@H](CO)C2)nc1. The van der Waals surface area contributed by atoms with Gasteiger partial charge in [-0.05, 0) is 36.6 Å². The van der Waals surface area contributed by atoms with Crippen molar-refractivity contribution in [2.45, 2.75) is 13.0 Å². The Bertz CT molecular complexity index is 685. The van der Waals surface area contributed by atoms with Gasteiger partial charge in [-0.25, -0.2) is 4.79 Å². The van der Waals surface area contributed by atoms with E-state index in [0.29, 0.717) is 11.5 Å². The number of aromatic carboxylic acids is 1. The van der Waals surface area contributed by atoms with E-state index in [0.717, 1.165) is 37.3 Å². The summed E-state index contributed by atoms with van der Waals surface area (Å²) in [6.45, 7) is 2.89. The number of rotatable bonds is 5. The highest BCUT2D eigenvalue weighted by atomic mass is 16.4. The second-order valence-electron chi connectivity index (χ2n) is 5.96. The average Bonchev–Trinajstić information content (AvgIpc) is 3.03. The molecule has 2 N–H and O–H groups in total. The average molecular weight is 312 g/mol. The van der Waals surface area contributed by atoms with E-state index in [4.69, 9.17) is 0 Å². The Morgan fingerprint density at radius 2 is 2.09 bits per heavy atom. The van der Waals surface area contributed by atoms with Crippen molar-refractivity contribution < 1.29 is 15.0 Å². The number of pyridine rings is 1. The minimum Gasteiger partial charge on any atom is -0.478 e. The Kier molecular flexibility index (Phi) is 4.69. The van der Waals surface area contributed by atoms with Crippen LogP contribution in [-0.4, -0.2) is 45.8 Å². The molecule has 5 nitrogen and oxygen atoms in total. The lowest BCUT2D eigenvalue weighted by atomic mass is 10.0. The minimum absolute atomic E-state index is 0.245.